The van der Waals surface area contributed by atoms with Gasteiger partial charge in [0, 0.05) is 34.4 Å². The van der Waals surface area contributed by atoms with Gasteiger partial charge in [0.25, 0.3) is 0 Å². The van der Waals surface area contributed by atoms with Gasteiger partial charge < -0.3 is 9.08 Å². The number of para-hydroxylation sites is 1. The molecule has 0 amide bonds. The predicted molar refractivity (Wildman–Crippen MR) is 126 cm³/mol. The van der Waals surface area contributed by atoms with Crippen LogP contribution in [0.1, 0.15) is 43.8 Å². The Morgan fingerprint density at radius 3 is 2.56 bits per heavy atom. The maximum atomic E-state index is 14.6. The van der Waals surface area contributed by atoms with Crippen molar-refractivity contribution in [3.8, 4) is 11.3 Å². The molecule has 0 spiro atoms. The summed E-state index contributed by atoms with van der Waals surface area (Å²) < 4.78 is 35.9. The molecule has 0 aliphatic rings. The van der Waals surface area contributed by atoms with E-state index in [2.05, 4.69) is 14.9 Å². The third-order valence-electron chi connectivity index (χ3n) is 5.23. The van der Waals surface area contributed by atoms with Crippen LogP contribution in [0.3, 0.4) is 0 Å². The quantitative estimate of drug-likeness (QED) is 0.382. The van der Waals surface area contributed by atoms with Crippen LogP contribution < -0.4 is 4.72 Å². The molecule has 2 atom stereocenters. The van der Waals surface area contributed by atoms with Crippen LogP contribution in [0, 0.1) is 12.7 Å². The van der Waals surface area contributed by atoms with Crippen LogP contribution in [-0.4, -0.2) is 19.4 Å². The van der Waals surface area contributed by atoms with Gasteiger partial charge in [-0.25, -0.2) is 4.39 Å². The molecule has 2 aromatic carbocycles. The molecule has 2 heterocycles. The molecule has 4 aromatic rings. The highest BCUT2D eigenvalue weighted by Crippen LogP contribution is 2.35. The second-order valence-corrected chi connectivity index (χ2v) is 10.7. The molecular formula is C25H26FN3O2S. The van der Waals surface area contributed by atoms with Crippen molar-refractivity contribution < 1.29 is 13.5 Å². The molecule has 0 bridgehead atoms. The Kier molecular flexibility index (Phi) is 6.33. The number of benzene rings is 2. The molecule has 4 rings (SSSR count). The third-order valence-corrected chi connectivity index (χ3v) is 6.84. The molecule has 5 nitrogen and oxygen atoms in total. The molecule has 7 heteroatoms. The highest BCUT2D eigenvalue weighted by molar-refractivity contribution is 7.90. The largest absolute Gasteiger partial charge is 0.598 e. The fraction of sp³-hybridized carbons (Fsp3) is 0.280. The molecule has 0 saturated heterocycles. The van der Waals surface area contributed by atoms with E-state index in [1.807, 2.05) is 76.2 Å². The van der Waals surface area contributed by atoms with Crippen LogP contribution in [-0.2, 0) is 17.8 Å². The minimum Gasteiger partial charge on any atom is -0.598 e. The Balaban J connectivity index is 1.82. The molecular weight excluding hydrogens is 425 g/mol. The lowest BCUT2D eigenvalue weighted by Crippen LogP contribution is -2.42. The zero-order chi connectivity index (χ0) is 22.9. The summed E-state index contributed by atoms with van der Waals surface area (Å²) >= 11 is -1.38. The zero-order valence-corrected chi connectivity index (χ0v) is 19.4. The van der Waals surface area contributed by atoms with E-state index in [9.17, 15) is 8.94 Å². The summed E-state index contributed by atoms with van der Waals surface area (Å²) in [6.07, 6.45) is 0.238. The van der Waals surface area contributed by atoms with E-state index in [1.54, 1.807) is 6.07 Å². The van der Waals surface area contributed by atoms with E-state index >= 15 is 0 Å². The molecule has 0 aliphatic heterocycles. The second kappa shape index (κ2) is 9.02. The maximum absolute atomic E-state index is 14.6. The highest BCUT2D eigenvalue weighted by atomic mass is 32.2. The lowest BCUT2D eigenvalue weighted by atomic mass is 9.94. The number of fused-ring (bicyclic) bond motifs is 1. The van der Waals surface area contributed by atoms with Gasteiger partial charge in [-0.1, -0.05) is 41.6 Å². The van der Waals surface area contributed by atoms with E-state index in [-0.39, 0.29) is 12.2 Å². The summed E-state index contributed by atoms with van der Waals surface area (Å²) in [5, 5.41) is 5.19. The Bertz CT molecular complexity index is 1240. The van der Waals surface area contributed by atoms with Gasteiger partial charge in [0.2, 0.25) is 0 Å². The van der Waals surface area contributed by atoms with E-state index in [4.69, 9.17) is 4.52 Å². The zero-order valence-electron chi connectivity index (χ0n) is 18.6. The first-order valence-electron chi connectivity index (χ1n) is 10.5. The molecule has 166 valence electrons. The standard InChI is InChI=1S/C25H26FN3O2S/c1-16-13-14-20(26)22(27-16)15-21(29-32(30)25(2,3)4)17-9-5-6-10-18(17)24-19-11-7-8-12-23(19)31-28-24/h5-14,21,29H,15H2,1-4H3/t21-,32?/m0/s1. The average molecular weight is 452 g/mol. The van der Waals surface area contributed by atoms with Gasteiger partial charge in [-0.05, 0) is 57.5 Å². The number of pyridine rings is 1. The van der Waals surface area contributed by atoms with Crippen LogP contribution in [0.2, 0.25) is 0 Å². The first-order valence-corrected chi connectivity index (χ1v) is 11.6. The van der Waals surface area contributed by atoms with Gasteiger partial charge >= 0.3 is 0 Å². The number of nitrogens with zero attached hydrogens (tertiary/aromatic N) is 2. The van der Waals surface area contributed by atoms with Crippen molar-refractivity contribution >= 4 is 22.3 Å². The van der Waals surface area contributed by atoms with E-state index in [0.717, 1.165) is 22.2 Å². The molecule has 0 aliphatic carbocycles. The first kappa shape index (κ1) is 22.5. The van der Waals surface area contributed by atoms with Crippen molar-refractivity contribution in [3.05, 3.63) is 83.4 Å². The number of rotatable bonds is 6. The Morgan fingerprint density at radius 1 is 1.06 bits per heavy atom. The number of halogens is 1. The molecule has 1 unspecified atom stereocenters. The van der Waals surface area contributed by atoms with Crippen molar-refractivity contribution in [1.82, 2.24) is 14.9 Å². The summed E-state index contributed by atoms with van der Waals surface area (Å²) in [7, 11) is 0. The summed E-state index contributed by atoms with van der Waals surface area (Å²) in [5.41, 5.74) is 4.13. The number of aryl methyl sites for hydroxylation is 1. The fourth-order valence-corrected chi connectivity index (χ4v) is 4.37. The SMILES string of the molecule is Cc1ccc(F)c(C[C@H](N[S+]([O-])C(C)(C)C)c2ccccc2-c2noc3ccccc23)n1. The number of hydrogen-bond donors (Lipinski definition) is 1. The minimum absolute atomic E-state index is 0.238. The number of aromatic nitrogens is 2. The molecule has 32 heavy (non-hydrogen) atoms. The van der Waals surface area contributed by atoms with E-state index in [1.165, 1.54) is 6.07 Å². The lowest BCUT2D eigenvalue weighted by Gasteiger charge is -2.29. The van der Waals surface area contributed by atoms with Crippen molar-refractivity contribution in [2.75, 3.05) is 0 Å². The molecule has 0 saturated carbocycles. The van der Waals surface area contributed by atoms with Crippen LogP contribution >= 0.6 is 0 Å². The normalized spacial score (nSPS) is 13.9. The third kappa shape index (κ3) is 4.70. The number of nitrogens with one attached hydrogen (secondary N) is 1. The Morgan fingerprint density at radius 2 is 1.78 bits per heavy atom. The summed E-state index contributed by atoms with van der Waals surface area (Å²) in [4.78, 5) is 4.40. The predicted octanol–water partition coefficient (Wildman–Crippen LogP) is 5.67. The lowest BCUT2D eigenvalue weighted by molar-refractivity contribution is 0.459. The summed E-state index contributed by atoms with van der Waals surface area (Å²) in [5.74, 6) is -0.381. The van der Waals surface area contributed by atoms with Gasteiger partial charge in [0.05, 0.1) is 11.7 Å². The average Bonchev–Trinajstić information content (AvgIpc) is 3.19. The van der Waals surface area contributed by atoms with Crippen LogP contribution in [0.4, 0.5) is 4.39 Å². The second-order valence-electron chi connectivity index (χ2n) is 8.75. The van der Waals surface area contributed by atoms with Crippen molar-refractivity contribution in [2.45, 2.75) is 44.9 Å². The number of hydrogen-bond acceptors (Lipinski definition) is 5. The van der Waals surface area contributed by atoms with Crippen LogP contribution in [0.25, 0.3) is 22.2 Å². The van der Waals surface area contributed by atoms with E-state index < -0.39 is 22.2 Å². The highest BCUT2D eigenvalue weighted by Gasteiger charge is 2.32. The van der Waals surface area contributed by atoms with Gasteiger partial charge in [-0.15, -0.1) is 4.72 Å². The maximum Gasteiger partial charge on any atom is 0.167 e. The molecule has 1 N–H and O–H groups in total. The van der Waals surface area contributed by atoms with Gasteiger partial charge in [-0.3, -0.25) is 4.98 Å². The van der Waals surface area contributed by atoms with E-state index in [0.29, 0.717) is 17.0 Å². The Hall–Kier alpha value is -2.74. The molecule has 0 radical (unpaired) electrons. The summed E-state index contributed by atoms with van der Waals surface area (Å²) in [6, 6.07) is 18.0. The van der Waals surface area contributed by atoms with Crippen LogP contribution in [0.5, 0.6) is 0 Å². The topological polar surface area (TPSA) is 74.0 Å². The first-order chi connectivity index (χ1) is 15.2. The van der Waals surface area contributed by atoms with Crippen molar-refractivity contribution in [1.29, 1.82) is 0 Å². The van der Waals surface area contributed by atoms with Crippen LogP contribution in [0.15, 0.2) is 65.2 Å². The van der Waals surface area contributed by atoms with Gasteiger partial charge in [0.1, 0.15) is 16.3 Å². The summed E-state index contributed by atoms with van der Waals surface area (Å²) in [6.45, 7) is 7.52. The molecule has 0 fully saturated rings. The smallest absolute Gasteiger partial charge is 0.167 e. The van der Waals surface area contributed by atoms with Gasteiger partial charge in [-0.2, -0.15) is 0 Å². The minimum atomic E-state index is -1.38. The van der Waals surface area contributed by atoms with Gasteiger partial charge in [0.15, 0.2) is 5.58 Å². The van der Waals surface area contributed by atoms with Crippen molar-refractivity contribution in [2.24, 2.45) is 0 Å². The monoisotopic (exact) mass is 451 g/mol. The van der Waals surface area contributed by atoms with Crippen molar-refractivity contribution in [3.63, 3.8) is 0 Å². The Labute approximate surface area is 190 Å². The molecule has 2 aromatic heterocycles. The fourth-order valence-electron chi connectivity index (χ4n) is 3.55.